The van der Waals surface area contributed by atoms with Gasteiger partial charge in [0.1, 0.15) is 17.6 Å². The van der Waals surface area contributed by atoms with Gasteiger partial charge in [-0.05, 0) is 50.1 Å². The summed E-state index contributed by atoms with van der Waals surface area (Å²) in [6.45, 7) is 2.78. The van der Waals surface area contributed by atoms with E-state index in [-0.39, 0.29) is 29.5 Å². The van der Waals surface area contributed by atoms with Crippen LogP contribution in [0.25, 0.3) is 5.76 Å². The van der Waals surface area contributed by atoms with Crippen molar-refractivity contribution in [1.29, 1.82) is 0 Å². The molecule has 1 N–H and O–H groups in total. The zero-order valence-corrected chi connectivity index (χ0v) is 20.2. The zero-order chi connectivity index (χ0) is 25.1. The molecule has 1 aromatic heterocycles. The molecule has 1 atom stereocenters. The van der Waals surface area contributed by atoms with Crippen molar-refractivity contribution in [3.05, 3.63) is 64.4 Å². The van der Waals surface area contributed by atoms with Crippen LogP contribution in [0, 0.1) is 0 Å². The summed E-state index contributed by atoms with van der Waals surface area (Å²) in [5.74, 6) is -1.61. The van der Waals surface area contributed by atoms with Crippen molar-refractivity contribution in [2.45, 2.75) is 31.8 Å². The number of hydrogen-bond acceptors (Lipinski definition) is 7. The maximum atomic E-state index is 13.3. The Morgan fingerprint density at radius 2 is 1.94 bits per heavy atom. The highest BCUT2D eigenvalue weighted by atomic mass is 35.5. The standard InChI is InChI=1S/C25H26ClN3O6/c1-3-35-25(33)28-12-9-16(10-13-28)29-21(18-6-4-5-11-27-18)20(23(31)24(29)32)22(30)17-14-15(26)7-8-19(17)34-2/h4-8,11,14,16,21,30H,3,9-10,12-13H2,1-2H3/b22-20+. The summed E-state index contributed by atoms with van der Waals surface area (Å²) in [6.07, 6.45) is 2.08. The number of piperidine rings is 1. The quantitative estimate of drug-likeness (QED) is 0.378. The maximum Gasteiger partial charge on any atom is 0.409 e. The largest absolute Gasteiger partial charge is 0.507 e. The van der Waals surface area contributed by atoms with Crippen LogP contribution in [0.2, 0.25) is 5.02 Å². The number of aliphatic hydroxyl groups is 1. The zero-order valence-electron chi connectivity index (χ0n) is 19.4. The van der Waals surface area contributed by atoms with Gasteiger partial charge in [0.25, 0.3) is 11.7 Å². The highest BCUT2D eigenvalue weighted by Crippen LogP contribution is 2.43. The second-order valence-electron chi connectivity index (χ2n) is 8.22. The van der Waals surface area contributed by atoms with E-state index in [0.717, 1.165) is 0 Å². The number of halogens is 1. The van der Waals surface area contributed by atoms with E-state index >= 15 is 0 Å². The van der Waals surface area contributed by atoms with Gasteiger partial charge in [-0.2, -0.15) is 0 Å². The van der Waals surface area contributed by atoms with Gasteiger partial charge >= 0.3 is 6.09 Å². The Morgan fingerprint density at radius 1 is 1.20 bits per heavy atom. The van der Waals surface area contributed by atoms with Crippen molar-refractivity contribution in [3.63, 3.8) is 0 Å². The molecule has 2 aliphatic heterocycles. The Bertz CT molecular complexity index is 1160. The van der Waals surface area contributed by atoms with Crippen LogP contribution in [0.4, 0.5) is 4.79 Å². The van der Waals surface area contributed by atoms with Crippen LogP contribution in [-0.4, -0.2) is 70.5 Å². The van der Waals surface area contributed by atoms with E-state index < -0.39 is 23.8 Å². The van der Waals surface area contributed by atoms with Gasteiger partial charge in [-0.15, -0.1) is 0 Å². The predicted octanol–water partition coefficient (Wildman–Crippen LogP) is 3.79. The van der Waals surface area contributed by atoms with Gasteiger partial charge in [0, 0.05) is 30.4 Å². The molecular formula is C25H26ClN3O6. The Balaban J connectivity index is 1.76. The minimum Gasteiger partial charge on any atom is -0.507 e. The number of aromatic nitrogens is 1. The summed E-state index contributed by atoms with van der Waals surface area (Å²) >= 11 is 6.15. The fraction of sp³-hybridized carbons (Fsp3) is 0.360. The minimum absolute atomic E-state index is 0.0814. The first kappa shape index (κ1) is 24.5. The van der Waals surface area contributed by atoms with E-state index in [2.05, 4.69) is 4.98 Å². The summed E-state index contributed by atoms with van der Waals surface area (Å²) in [7, 11) is 1.44. The molecule has 0 aliphatic carbocycles. The predicted molar refractivity (Wildman–Crippen MR) is 128 cm³/mol. The normalized spacial score (nSPS) is 20.3. The first-order chi connectivity index (χ1) is 16.9. The number of amides is 2. The van der Waals surface area contributed by atoms with Crippen molar-refractivity contribution < 1.29 is 29.0 Å². The maximum absolute atomic E-state index is 13.3. The molecule has 2 saturated heterocycles. The molecule has 0 spiro atoms. The number of ketones is 1. The lowest BCUT2D eigenvalue weighted by molar-refractivity contribution is -0.142. The molecule has 35 heavy (non-hydrogen) atoms. The lowest BCUT2D eigenvalue weighted by atomic mass is 9.96. The second kappa shape index (κ2) is 10.4. The van der Waals surface area contributed by atoms with Crippen LogP contribution in [0.5, 0.6) is 5.75 Å². The van der Waals surface area contributed by atoms with E-state index in [4.69, 9.17) is 21.1 Å². The molecule has 2 aliphatic rings. The van der Waals surface area contributed by atoms with Crippen molar-refractivity contribution in [2.75, 3.05) is 26.8 Å². The topological polar surface area (TPSA) is 109 Å². The number of carbonyl (C=O) groups is 3. The number of ether oxygens (including phenoxy) is 2. The third kappa shape index (κ3) is 4.68. The second-order valence-corrected chi connectivity index (χ2v) is 8.66. The molecule has 10 heteroatoms. The van der Waals surface area contributed by atoms with Crippen LogP contribution >= 0.6 is 11.6 Å². The van der Waals surface area contributed by atoms with E-state index in [9.17, 15) is 19.5 Å². The molecule has 184 valence electrons. The van der Waals surface area contributed by atoms with Crippen molar-refractivity contribution in [3.8, 4) is 5.75 Å². The lowest BCUT2D eigenvalue weighted by Gasteiger charge is -2.38. The number of rotatable bonds is 5. The third-order valence-electron chi connectivity index (χ3n) is 6.25. The van der Waals surface area contributed by atoms with Gasteiger partial charge in [-0.25, -0.2) is 4.79 Å². The summed E-state index contributed by atoms with van der Waals surface area (Å²) in [5, 5.41) is 11.6. The minimum atomic E-state index is -0.904. The smallest absolute Gasteiger partial charge is 0.409 e. The molecule has 0 saturated carbocycles. The first-order valence-corrected chi connectivity index (χ1v) is 11.7. The summed E-state index contributed by atoms with van der Waals surface area (Å²) < 4.78 is 10.4. The molecular weight excluding hydrogens is 474 g/mol. The fourth-order valence-electron chi connectivity index (χ4n) is 4.61. The summed E-state index contributed by atoms with van der Waals surface area (Å²) in [6, 6.07) is 8.61. The van der Waals surface area contributed by atoms with Gasteiger partial charge in [0.2, 0.25) is 0 Å². The first-order valence-electron chi connectivity index (χ1n) is 11.3. The number of Topliss-reactive ketones (excluding diaryl/α,β-unsaturated/α-hetero) is 1. The lowest BCUT2D eigenvalue weighted by Crippen LogP contribution is -2.48. The highest BCUT2D eigenvalue weighted by molar-refractivity contribution is 6.46. The van der Waals surface area contributed by atoms with Gasteiger partial charge in [0.15, 0.2) is 0 Å². The SMILES string of the molecule is CCOC(=O)N1CCC(N2C(=O)C(=O)/C(=C(/O)c3cc(Cl)ccc3OC)C2c2ccccn2)CC1. The van der Waals surface area contributed by atoms with Gasteiger partial charge < -0.3 is 24.4 Å². The number of pyridine rings is 1. The third-order valence-corrected chi connectivity index (χ3v) is 6.48. The average molecular weight is 500 g/mol. The number of nitrogens with zero attached hydrogens (tertiary/aromatic N) is 3. The van der Waals surface area contributed by atoms with E-state index in [1.807, 2.05) is 0 Å². The number of benzene rings is 1. The molecule has 2 fully saturated rings. The van der Waals surface area contributed by atoms with Crippen LogP contribution in [0.15, 0.2) is 48.2 Å². The Labute approximate surface area is 207 Å². The average Bonchev–Trinajstić information content (AvgIpc) is 3.14. The molecule has 1 unspecified atom stereocenters. The number of likely N-dealkylation sites (tertiary alicyclic amines) is 2. The van der Waals surface area contributed by atoms with E-state index in [0.29, 0.717) is 42.4 Å². The van der Waals surface area contributed by atoms with Crippen LogP contribution in [-0.2, 0) is 14.3 Å². The van der Waals surface area contributed by atoms with E-state index in [1.165, 1.54) is 18.1 Å². The molecule has 9 nitrogen and oxygen atoms in total. The molecule has 2 amide bonds. The monoisotopic (exact) mass is 499 g/mol. The number of methoxy groups -OCH3 is 1. The molecule has 3 heterocycles. The molecule has 0 radical (unpaired) electrons. The Morgan fingerprint density at radius 3 is 2.57 bits per heavy atom. The number of hydrogen-bond donors (Lipinski definition) is 1. The van der Waals surface area contributed by atoms with Gasteiger partial charge in [0.05, 0.1) is 30.5 Å². The van der Waals surface area contributed by atoms with Crippen molar-refractivity contribution >= 4 is 35.1 Å². The highest BCUT2D eigenvalue weighted by Gasteiger charge is 2.50. The Kier molecular flexibility index (Phi) is 7.25. The Hall–Kier alpha value is -3.59. The van der Waals surface area contributed by atoms with Crippen LogP contribution in [0.3, 0.4) is 0 Å². The number of carbonyl (C=O) groups excluding carboxylic acids is 3. The van der Waals surface area contributed by atoms with Gasteiger partial charge in [-0.1, -0.05) is 17.7 Å². The molecule has 4 rings (SSSR count). The molecule has 1 aromatic carbocycles. The van der Waals surface area contributed by atoms with Crippen LogP contribution in [0.1, 0.15) is 37.1 Å². The van der Waals surface area contributed by atoms with Gasteiger partial charge in [-0.3, -0.25) is 14.6 Å². The van der Waals surface area contributed by atoms with Crippen molar-refractivity contribution in [2.24, 2.45) is 0 Å². The summed E-state index contributed by atoms with van der Waals surface area (Å²) in [5.41, 5.74) is 0.570. The van der Waals surface area contributed by atoms with E-state index in [1.54, 1.807) is 48.4 Å². The van der Waals surface area contributed by atoms with Crippen molar-refractivity contribution in [1.82, 2.24) is 14.8 Å². The fourth-order valence-corrected chi connectivity index (χ4v) is 4.78. The molecule has 0 bridgehead atoms. The summed E-state index contributed by atoms with van der Waals surface area (Å²) in [4.78, 5) is 46.2. The van der Waals surface area contributed by atoms with Crippen LogP contribution < -0.4 is 4.74 Å². The molecule has 2 aromatic rings. The number of aliphatic hydroxyl groups excluding tert-OH is 1.